The number of carbonyl (C=O) groups is 1. The molecule has 0 fully saturated rings. The fourth-order valence-electron chi connectivity index (χ4n) is 1.38. The molecule has 0 saturated heterocycles. The van der Waals surface area contributed by atoms with Crippen LogP contribution in [0.3, 0.4) is 0 Å². The summed E-state index contributed by atoms with van der Waals surface area (Å²) < 4.78 is 1.66. The van der Waals surface area contributed by atoms with Crippen LogP contribution in [0.5, 0.6) is 0 Å². The molecule has 2 unspecified atom stereocenters. The quantitative estimate of drug-likeness (QED) is 0.860. The van der Waals surface area contributed by atoms with Gasteiger partial charge in [0.1, 0.15) is 0 Å². The average molecular weight is 288 g/mol. The van der Waals surface area contributed by atoms with Crippen LogP contribution in [0, 0.1) is 12.8 Å². The first kappa shape index (κ1) is 13.2. The Morgan fingerprint density at radius 1 is 1.62 bits per heavy atom. The van der Waals surface area contributed by atoms with Crippen molar-refractivity contribution in [1.29, 1.82) is 0 Å². The fourth-order valence-corrected chi connectivity index (χ4v) is 1.94. The summed E-state index contributed by atoms with van der Waals surface area (Å²) in [6.07, 6.45) is 1.75. The number of aryl methyl sites for hydroxylation is 2. The highest BCUT2D eigenvalue weighted by Gasteiger charge is 2.17. The molecule has 0 radical (unpaired) electrons. The molecule has 0 aliphatic rings. The third-order valence-electron chi connectivity index (χ3n) is 2.71. The number of amides is 1. The summed E-state index contributed by atoms with van der Waals surface area (Å²) in [4.78, 5) is 11.9. The molecular weight excluding hydrogens is 270 g/mol. The zero-order valence-corrected chi connectivity index (χ0v) is 11.7. The van der Waals surface area contributed by atoms with Gasteiger partial charge in [-0.2, -0.15) is 5.10 Å². The van der Waals surface area contributed by atoms with Gasteiger partial charge >= 0.3 is 0 Å². The Balaban J connectivity index is 2.69. The average Bonchev–Trinajstić information content (AvgIpc) is 2.56. The van der Waals surface area contributed by atoms with Gasteiger partial charge in [0.2, 0.25) is 0 Å². The molecule has 90 valence electrons. The van der Waals surface area contributed by atoms with Crippen molar-refractivity contribution < 1.29 is 4.79 Å². The predicted octanol–water partition coefficient (Wildman–Crippen LogP) is 1.88. The van der Waals surface area contributed by atoms with Gasteiger partial charge in [-0.1, -0.05) is 22.9 Å². The van der Waals surface area contributed by atoms with Crippen LogP contribution >= 0.6 is 15.9 Å². The molecule has 2 atom stereocenters. The monoisotopic (exact) mass is 287 g/mol. The Morgan fingerprint density at radius 2 is 2.25 bits per heavy atom. The van der Waals surface area contributed by atoms with Gasteiger partial charge in [-0.3, -0.25) is 9.48 Å². The lowest BCUT2D eigenvalue weighted by molar-refractivity contribution is 0.0930. The number of aromatic nitrogens is 2. The van der Waals surface area contributed by atoms with Crippen molar-refractivity contribution in [3.63, 3.8) is 0 Å². The highest BCUT2D eigenvalue weighted by atomic mass is 79.9. The van der Waals surface area contributed by atoms with E-state index in [9.17, 15) is 4.79 Å². The second kappa shape index (κ2) is 5.48. The van der Waals surface area contributed by atoms with Gasteiger partial charge in [0, 0.05) is 24.6 Å². The summed E-state index contributed by atoms with van der Waals surface area (Å²) >= 11 is 3.41. The van der Waals surface area contributed by atoms with Crippen LogP contribution in [-0.4, -0.2) is 27.1 Å². The van der Waals surface area contributed by atoms with Gasteiger partial charge in [0.05, 0.1) is 11.3 Å². The van der Waals surface area contributed by atoms with E-state index < -0.39 is 0 Å². The van der Waals surface area contributed by atoms with Crippen molar-refractivity contribution in [3.8, 4) is 0 Å². The van der Waals surface area contributed by atoms with E-state index in [-0.39, 0.29) is 11.9 Å². The summed E-state index contributed by atoms with van der Waals surface area (Å²) in [5.41, 5.74) is 1.41. The normalized spacial score (nSPS) is 14.6. The van der Waals surface area contributed by atoms with E-state index in [1.165, 1.54) is 0 Å². The summed E-state index contributed by atoms with van der Waals surface area (Å²) in [7, 11) is 1.81. The smallest absolute Gasteiger partial charge is 0.254 e. The van der Waals surface area contributed by atoms with E-state index >= 15 is 0 Å². The molecular formula is C11H18BrN3O. The summed E-state index contributed by atoms with van der Waals surface area (Å²) in [5.74, 6) is 0.354. The third-order valence-corrected chi connectivity index (χ3v) is 3.74. The van der Waals surface area contributed by atoms with Crippen LogP contribution in [-0.2, 0) is 7.05 Å². The van der Waals surface area contributed by atoms with E-state index in [2.05, 4.69) is 33.3 Å². The van der Waals surface area contributed by atoms with E-state index in [1.54, 1.807) is 10.9 Å². The highest BCUT2D eigenvalue weighted by Crippen LogP contribution is 2.09. The second-order valence-electron chi connectivity index (χ2n) is 4.20. The Bertz CT molecular complexity index is 375. The standard InChI is InChI=1S/C11H18BrN3O/c1-7(5-12)8(2)13-11(16)10-6-15(4)14-9(10)3/h6-8H,5H2,1-4H3,(H,13,16). The maximum absolute atomic E-state index is 11.9. The first-order valence-corrected chi connectivity index (χ1v) is 6.45. The lowest BCUT2D eigenvalue weighted by atomic mass is 10.1. The molecule has 0 aliphatic carbocycles. The lowest BCUT2D eigenvalue weighted by Gasteiger charge is -2.18. The van der Waals surface area contributed by atoms with Crippen LogP contribution < -0.4 is 5.32 Å². The molecule has 0 spiro atoms. The van der Waals surface area contributed by atoms with Crippen molar-refractivity contribution >= 4 is 21.8 Å². The van der Waals surface area contributed by atoms with Crippen LogP contribution in [0.4, 0.5) is 0 Å². The van der Waals surface area contributed by atoms with Crippen molar-refractivity contribution in [2.24, 2.45) is 13.0 Å². The van der Waals surface area contributed by atoms with Gasteiger partial charge < -0.3 is 5.32 Å². The lowest BCUT2D eigenvalue weighted by Crippen LogP contribution is -2.37. The minimum absolute atomic E-state index is 0.0501. The van der Waals surface area contributed by atoms with Gasteiger partial charge in [-0.25, -0.2) is 0 Å². The topological polar surface area (TPSA) is 46.9 Å². The first-order chi connectivity index (χ1) is 7.45. The molecule has 16 heavy (non-hydrogen) atoms. The number of hydrogen-bond acceptors (Lipinski definition) is 2. The summed E-state index contributed by atoms with van der Waals surface area (Å²) in [6.45, 7) is 5.94. The SMILES string of the molecule is Cc1nn(C)cc1C(=O)NC(C)C(C)CBr. The minimum atomic E-state index is -0.0501. The van der Waals surface area contributed by atoms with Crippen molar-refractivity contribution in [3.05, 3.63) is 17.5 Å². The van der Waals surface area contributed by atoms with E-state index in [4.69, 9.17) is 0 Å². The molecule has 0 saturated carbocycles. The predicted molar refractivity (Wildman–Crippen MR) is 67.8 cm³/mol. The zero-order chi connectivity index (χ0) is 12.3. The van der Waals surface area contributed by atoms with E-state index in [0.29, 0.717) is 11.5 Å². The third kappa shape index (κ3) is 3.07. The van der Waals surface area contributed by atoms with Crippen LogP contribution in [0.25, 0.3) is 0 Å². The maximum atomic E-state index is 11.9. The molecule has 1 aromatic rings. The Kier molecular flexibility index (Phi) is 4.53. The van der Waals surface area contributed by atoms with Crippen molar-refractivity contribution in [2.75, 3.05) is 5.33 Å². The Hall–Kier alpha value is -0.840. The van der Waals surface area contributed by atoms with Crippen LogP contribution in [0.1, 0.15) is 29.9 Å². The first-order valence-electron chi connectivity index (χ1n) is 5.32. The molecule has 0 aromatic carbocycles. The minimum Gasteiger partial charge on any atom is -0.349 e. The van der Waals surface area contributed by atoms with Crippen LogP contribution in [0.15, 0.2) is 6.20 Å². The molecule has 0 aliphatic heterocycles. The molecule has 1 aromatic heterocycles. The van der Waals surface area contributed by atoms with E-state index in [1.807, 2.05) is 20.9 Å². The molecule has 1 rings (SSSR count). The molecule has 5 heteroatoms. The molecule has 4 nitrogen and oxygen atoms in total. The van der Waals surface area contributed by atoms with Gasteiger partial charge in [-0.05, 0) is 19.8 Å². The maximum Gasteiger partial charge on any atom is 0.254 e. The Labute approximate surface area is 105 Å². The second-order valence-corrected chi connectivity index (χ2v) is 4.84. The molecule has 1 N–H and O–H groups in total. The molecule has 0 bridgehead atoms. The van der Waals surface area contributed by atoms with Gasteiger partial charge in [-0.15, -0.1) is 0 Å². The summed E-state index contributed by atoms with van der Waals surface area (Å²) in [6, 6.07) is 0.145. The largest absolute Gasteiger partial charge is 0.349 e. The van der Waals surface area contributed by atoms with Gasteiger partial charge in [0.15, 0.2) is 0 Å². The van der Waals surface area contributed by atoms with Crippen molar-refractivity contribution in [1.82, 2.24) is 15.1 Å². The number of hydrogen-bond donors (Lipinski definition) is 1. The Morgan fingerprint density at radius 3 is 2.69 bits per heavy atom. The van der Waals surface area contributed by atoms with E-state index in [0.717, 1.165) is 11.0 Å². The number of halogens is 1. The fraction of sp³-hybridized carbons (Fsp3) is 0.636. The number of nitrogens with one attached hydrogen (secondary N) is 1. The molecule has 1 heterocycles. The number of rotatable bonds is 4. The number of alkyl halides is 1. The number of nitrogens with zero attached hydrogens (tertiary/aromatic N) is 2. The van der Waals surface area contributed by atoms with Crippen LogP contribution in [0.2, 0.25) is 0 Å². The van der Waals surface area contributed by atoms with Gasteiger partial charge in [0.25, 0.3) is 5.91 Å². The van der Waals surface area contributed by atoms with Crippen molar-refractivity contribution in [2.45, 2.75) is 26.8 Å². The molecule has 1 amide bonds. The number of carbonyl (C=O) groups excluding carboxylic acids is 1. The zero-order valence-electron chi connectivity index (χ0n) is 10.1. The highest BCUT2D eigenvalue weighted by molar-refractivity contribution is 9.09. The summed E-state index contributed by atoms with van der Waals surface area (Å²) in [5, 5.41) is 8.01.